The summed E-state index contributed by atoms with van der Waals surface area (Å²) in [6.07, 6.45) is 1.30. The molecule has 0 aromatic heterocycles. The smallest absolute Gasteiger partial charge is 0.303 e. The topological polar surface area (TPSA) is 42.5 Å². The first-order chi connectivity index (χ1) is 6.35. The predicted octanol–water partition coefficient (Wildman–Crippen LogP) is -0.764. The Bertz CT molecular complexity index is 98.1. The molecule has 0 aromatic carbocycles. The van der Waals surface area contributed by atoms with Crippen LogP contribution in [0.25, 0.3) is 0 Å². The third kappa shape index (κ3) is 8.39. The van der Waals surface area contributed by atoms with Crippen LogP contribution in [-0.4, -0.2) is 49.9 Å². The number of likely N-dealkylation sites (N-methyl/N-ethyl adjacent to an activating group) is 1. The van der Waals surface area contributed by atoms with Gasteiger partial charge >= 0.3 is 10.0 Å². The molecular formula is C8H22N2O2Si. The van der Waals surface area contributed by atoms with Crippen molar-refractivity contribution in [3.63, 3.8) is 0 Å². The van der Waals surface area contributed by atoms with Crippen molar-refractivity contribution in [2.75, 3.05) is 33.9 Å². The standard InChI is InChI=1S/C6H14N2.C2H8O2Si/c1-2-8-6-3-4-7-5-6;1-3-5-4-2/h6-8H,2-5H2,1H3;5H2,1-2H3. The van der Waals surface area contributed by atoms with Gasteiger partial charge < -0.3 is 19.5 Å². The molecule has 0 radical (unpaired) electrons. The van der Waals surface area contributed by atoms with Crippen LogP contribution in [0.3, 0.4) is 0 Å². The molecule has 0 aromatic rings. The fourth-order valence-electron chi connectivity index (χ4n) is 1.24. The molecule has 1 heterocycles. The highest BCUT2D eigenvalue weighted by atomic mass is 28.3. The summed E-state index contributed by atoms with van der Waals surface area (Å²) in [5.74, 6) is 0. The van der Waals surface area contributed by atoms with Crippen LogP contribution in [0.1, 0.15) is 13.3 Å². The molecule has 1 atom stereocenters. The summed E-state index contributed by atoms with van der Waals surface area (Å²) in [6.45, 7) is 5.61. The SMILES string of the molecule is CCNC1CCNC1.CO[SiH2]OC. The summed E-state index contributed by atoms with van der Waals surface area (Å²) in [6, 6.07) is 0.750. The molecule has 0 spiro atoms. The molecule has 0 bridgehead atoms. The molecule has 1 aliphatic rings. The Hall–Kier alpha value is 0.0569. The average Bonchev–Trinajstić information content (AvgIpc) is 2.60. The summed E-state index contributed by atoms with van der Waals surface area (Å²) in [5, 5.41) is 6.68. The molecule has 0 saturated carbocycles. The molecular weight excluding hydrogens is 184 g/mol. The molecule has 80 valence electrons. The van der Waals surface area contributed by atoms with Crippen LogP contribution in [0, 0.1) is 0 Å². The van der Waals surface area contributed by atoms with Crippen molar-refractivity contribution in [3.05, 3.63) is 0 Å². The van der Waals surface area contributed by atoms with E-state index in [0.29, 0.717) is 0 Å². The zero-order chi connectivity index (χ0) is 9.94. The van der Waals surface area contributed by atoms with Gasteiger partial charge in [0.05, 0.1) is 0 Å². The molecule has 1 fully saturated rings. The summed E-state index contributed by atoms with van der Waals surface area (Å²) < 4.78 is 9.22. The Labute approximate surface area is 83.4 Å². The maximum atomic E-state index is 4.61. The Balaban J connectivity index is 0.000000252. The van der Waals surface area contributed by atoms with Gasteiger partial charge in [0.1, 0.15) is 0 Å². The van der Waals surface area contributed by atoms with E-state index in [-0.39, 0.29) is 0 Å². The maximum Gasteiger partial charge on any atom is 0.303 e. The first-order valence-corrected chi connectivity index (χ1v) is 5.92. The minimum absolute atomic E-state index is 0.568. The van der Waals surface area contributed by atoms with Gasteiger partial charge in [-0.2, -0.15) is 0 Å². The van der Waals surface area contributed by atoms with E-state index in [2.05, 4.69) is 26.4 Å². The van der Waals surface area contributed by atoms with E-state index in [4.69, 9.17) is 0 Å². The van der Waals surface area contributed by atoms with E-state index in [0.717, 1.165) is 19.1 Å². The summed E-state index contributed by atoms with van der Waals surface area (Å²) in [5.41, 5.74) is 0. The van der Waals surface area contributed by atoms with Crippen molar-refractivity contribution < 1.29 is 8.85 Å². The van der Waals surface area contributed by atoms with Crippen LogP contribution in [0.5, 0.6) is 0 Å². The average molecular weight is 206 g/mol. The highest BCUT2D eigenvalue weighted by molar-refractivity contribution is 6.17. The second-order valence-corrected chi connectivity index (χ2v) is 4.33. The second-order valence-electron chi connectivity index (χ2n) is 2.94. The first-order valence-electron chi connectivity index (χ1n) is 4.77. The van der Waals surface area contributed by atoms with E-state index < -0.39 is 10.0 Å². The van der Waals surface area contributed by atoms with E-state index in [1.54, 1.807) is 14.2 Å². The van der Waals surface area contributed by atoms with Crippen molar-refractivity contribution in [1.82, 2.24) is 10.6 Å². The molecule has 4 nitrogen and oxygen atoms in total. The minimum atomic E-state index is -0.568. The molecule has 2 N–H and O–H groups in total. The molecule has 0 aliphatic carbocycles. The van der Waals surface area contributed by atoms with Gasteiger partial charge in [-0.3, -0.25) is 0 Å². The van der Waals surface area contributed by atoms with Crippen molar-refractivity contribution in [1.29, 1.82) is 0 Å². The van der Waals surface area contributed by atoms with Crippen LogP contribution in [0.15, 0.2) is 0 Å². The molecule has 1 unspecified atom stereocenters. The van der Waals surface area contributed by atoms with Gasteiger partial charge in [0.15, 0.2) is 0 Å². The molecule has 5 heteroatoms. The summed E-state index contributed by atoms with van der Waals surface area (Å²) in [7, 11) is 2.73. The van der Waals surface area contributed by atoms with Crippen LogP contribution >= 0.6 is 0 Å². The third-order valence-electron chi connectivity index (χ3n) is 1.79. The summed E-state index contributed by atoms with van der Waals surface area (Å²) >= 11 is 0. The quantitative estimate of drug-likeness (QED) is 0.593. The summed E-state index contributed by atoms with van der Waals surface area (Å²) in [4.78, 5) is 0. The van der Waals surface area contributed by atoms with Crippen molar-refractivity contribution in [2.24, 2.45) is 0 Å². The Kier molecular flexibility index (Phi) is 10.2. The lowest BCUT2D eigenvalue weighted by atomic mass is 10.3. The Morgan fingerprint density at radius 2 is 2.15 bits per heavy atom. The van der Waals surface area contributed by atoms with Gasteiger partial charge in [-0.05, 0) is 19.5 Å². The van der Waals surface area contributed by atoms with Crippen LogP contribution < -0.4 is 10.6 Å². The van der Waals surface area contributed by atoms with E-state index in [9.17, 15) is 0 Å². The van der Waals surface area contributed by atoms with E-state index in [1.165, 1.54) is 13.0 Å². The van der Waals surface area contributed by atoms with Crippen molar-refractivity contribution in [2.45, 2.75) is 19.4 Å². The normalized spacial score (nSPS) is 21.0. The molecule has 1 saturated heterocycles. The molecule has 1 aliphatic heterocycles. The van der Waals surface area contributed by atoms with Crippen LogP contribution in [0.4, 0.5) is 0 Å². The van der Waals surface area contributed by atoms with Gasteiger partial charge in [0, 0.05) is 26.8 Å². The van der Waals surface area contributed by atoms with Gasteiger partial charge in [-0.15, -0.1) is 0 Å². The number of nitrogens with one attached hydrogen (secondary N) is 2. The second kappa shape index (κ2) is 10.1. The lowest BCUT2D eigenvalue weighted by molar-refractivity contribution is 0.309. The highest BCUT2D eigenvalue weighted by Crippen LogP contribution is 1.94. The Morgan fingerprint density at radius 3 is 2.46 bits per heavy atom. The van der Waals surface area contributed by atoms with Crippen molar-refractivity contribution >= 4 is 10.0 Å². The minimum Gasteiger partial charge on any atom is -0.402 e. The van der Waals surface area contributed by atoms with E-state index >= 15 is 0 Å². The van der Waals surface area contributed by atoms with Crippen LogP contribution in [0.2, 0.25) is 0 Å². The van der Waals surface area contributed by atoms with Gasteiger partial charge in [0.25, 0.3) is 0 Å². The van der Waals surface area contributed by atoms with Gasteiger partial charge in [-0.1, -0.05) is 6.92 Å². The Morgan fingerprint density at radius 1 is 1.46 bits per heavy atom. The largest absolute Gasteiger partial charge is 0.402 e. The van der Waals surface area contributed by atoms with E-state index in [1.807, 2.05) is 0 Å². The monoisotopic (exact) mass is 206 g/mol. The van der Waals surface area contributed by atoms with Gasteiger partial charge in [-0.25, -0.2) is 0 Å². The number of hydrogen-bond acceptors (Lipinski definition) is 4. The molecule has 13 heavy (non-hydrogen) atoms. The fourth-order valence-corrected chi connectivity index (χ4v) is 1.47. The molecule has 1 rings (SSSR count). The number of hydrogen-bond donors (Lipinski definition) is 2. The highest BCUT2D eigenvalue weighted by Gasteiger charge is 2.11. The van der Waals surface area contributed by atoms with Crippen molar-refractivity contribution in [3.8, 4) is 0 Å². The van der Waals surface area contributed by atoms with Crippen LogP contribution in [-0.2, 0) is 8.85 Å². The fraction of sp³-hybridized carbons (Fsp3) is 1.00. The lowest BCUT2D eigenvalue weighted by Crippen LogP contribution is -2.30. The lowest BCUT2D eigenvalue weighted by Gasteiger charge is -2.06. The third-order valence-corrected chi connectivity index (χ3v) is 2.26. The molecule has 0 amide bonds. The number of rotatable bonds is 4. The maximum absolute atomic E-state index is 4.61. The zero-order valence-corrected chi connectivity index (χ0v) is 10.3. The van der Waals surface area contributed by atoms with Gasteiger partial charge in [0.2, 0.25) is 0 Å². The first kappa shape index (κ1) is 13.1. The zero-order valence-electron chi connectivity index (χ0n) is 8.93. The predicted molar refractivity (Wildman–Crippen MR) is 57.5 cm³/mol.